The van der Waals surface area contributed by atoms with E-state index in [-0.39, 0.29) is 5.91 Å². The van der Waals surface area contributed by atoms with Crippen LogP contribution in [0.1, 0.15) is 28.7 Å². The Hall–Kier alpha value is -3.12. The van der Waals surface area contributed by atoms with Crippen molar-refractivity contribution in [1.29, 1.82) is 0 Å². The smallest absolute Gasteiger partial charge is 0.275 e. The van der Waals surface area contributed by atoms with Crippen molar-refractivity contribution in [3.8, 4) is 0 Å². The third-order valence-corrected chi connectivity index (χ3v) is 5.94. The highest BCUT2D eigenvalue weighted by Gasteiger charge is 2.14. The van der Waals surface area contributed by atoms with Gasteiger partial charge in [-0.25, -0.2) is 4.98 Å². The molecule has 0 aliphatic carbocycles. The van der Waals surface area contributed by atoms with Gasteiger partial charge in [0.05, 0.1) is 0 Å². The Kier molecular flexibility index (Phi) is 3.55. The molecule has 0 bridgehead atoms. The molecule has 0 fully saturated rings. The molecule has 5 rings (SSSR count). The van der Waals surface area contributed by atoms with E-state index in [0.717, 1.165) is 33.7 Å². The van der Waals surface area contributed by atoms with Crippen molar-refractivity contribution in [3.63, 3.8) is 0 Å². The summed E-state index contributed by atoms with van der Waals surface area (Å²) in [5, 5.41) is 7.37. The van der Waals surface area contributed by atoms with Crippen LogP contribution in [0, 0.1) is 6.92 Å². The van der Waals surface area contributed by atoms with Crippen molar-refractivity contribution in [1.82, 2.24) is 14.4 Å². The maximum atomic E-state index is 12.6. The van der Waals surface area contributed by atoms with E-state index in [1.165, 1.54) is 27.8 Å². The molecule has 134 valence electrons. The van der Waals surface area contributed by atoms with Gasteiger partial charge in [-0.2, -0.15) is 0 Å². The summed E-state index contributed by atoms with van der Waals surface area (Å²) in [6.45, 7) is 4.16. The predicted molar refractivity (Wildman–Crippen MR) is 111 cm³/mol. The average Bonchev–Trinajstić information content (AvgIpc) is 3.35. The van der Waals surface area contributed by atoms with Crippen LogP contribution in [0.2, 0.25) is 0 Å². The highest BCUT2D eigenvalue weighted by atomic mass is 32.1. The number of benzene rings is 2. The number of H-pyrrole nitrogens is 1. The third-order valence-electron chi connectivity index (χ3n) is 4.98. The number of fused-ring (bicyclic) bond motifs is 4. The SMILES string of the molecule is CCc1cccc2c1[nH]c1cc(NC(=O)c3cn4c(C)csc4n3)ccc12. The normalized spacial score (nSPS) is 11.6. The number of amides is 1. The van der Waals surface area contributed by atoms with Gasteiger partial charge in [-0.05, 0) is 31.0 Å². The number of aromatic nitrogens is 3. The molecule has 5 nitrogen and oxygen atoms in total. The second-order valence-corrected chi connectivity index (χ2v) is 7.53. The van der Waals surface area contributed by atoms with Gasteiger partial charge in [-0.15, -0.1) is 11.3 Å². The molecular formula is C21H18N4OS. The van der Waals surface area contributed by atoms with Gasteiger partial charge in [0.25, 0.3) is 5.91 Å². The van der Waals surface area contributed by atoms with E-state index >= 15 is 0 Å². The number of imidazole rings is 1. The first-order valence-corrected chi connectivity index (χ1v) is 9.80. The van der Waals surface area contributed by atoms with E-state index in [9.17, 15) is 4.79 Å². The van der Waals surface area contributed by atoms with Crippen molar-refractivity contribution < 1.29 is 4.79 Å². The van der Waals surface area contributed by atoms with E-state index in [2.05, 4.69) is 46.5 Å². The van der Waals surface area contributed by atoms with E-state index in [0.29, 0.717) is 5.69 Å². The summed E-state index contributed by atoms with van der Waals surface area (Å²) >= 11 is 1.53. The number of aromatic amines is 1. The quantitative estimate of drug-likeness (QED) is 0.458. The third kappa shape index (κ3) is 2.52. The molecule has 0 atom stereocenters. The minimum Gasteiger partial charge on any atom is -0.354 e. The van der Waals surface area contributed by atoms with Crippen molar-refractivity contribution >= 4 is 49.7 Å². The maximum absolute atomic E-state index is 12.6. The van der Waals surface area contributed by atoms with E-state index in [4.69, 9.17) is 0 Å². The van der Waals surface area contributed by atoms with E-state index < -0.39 is 0 Å². The summed E-state index contributed by atoms with van der Waals surface area (Å²) in [6.07, 6.45) is 2.76. The van der Waals surface area contributed by atoms with Crippen molar-refractivity contribution in [2.24, 2.45) is 0 Å². The van der Waals surface area contributed by atoms with Gasteiger partial charge >= 0.3 is 0 Å². The average molecular weight is 374 g/mol. The molecule has 0 aliphatic heterocycles. The summed E-state index contributed by atoms with van der Waals surface area (Å²) in [5.74, 6) is -0.199. The number of rotatable bonds is 3. The van der Waals surface area contributed by atoms with Gasteiger partial charge < -0.3 is 10.3 Å². The number of para-hydroxylation sites is 1. The molecule has 2 aromatic carbocycles. The number of anilines is 1. The Labute approximate surface area is 159 Å². The summed E-state index contributed by atoms with van der Waals surface area (Å²) in [7, 11) is 0. The fourth-order valence-corrected chi connectivity index (χ4v) is 4.41. The Morgan fingerprint density at radius 3 is 2.96 bits per heavy atom. The first kappa shape index (κ1) is 16.1. The van der Waals surface area contributed by atoms with Crippen LogP contribution in [-0.2, 0) is 6.42 Å². The predicted octanol–water partition coefficient (Wildman–Crippen LogP) is 5.15. The number of carbonyl (C=O) groups excluding carboxylic acids is 1. The van der Waals surface area contributed by atoms with Crippen LogP contribution in [0.4, 0.5) is 5.69 Å². The minimum atomic E-state index is -0.199. The lowest BCUT2D eigenvalue weighted by Crippen LogP contribution is -2.12. The zero-order chi connectivity index (χ0) is 18.5. The maximum Gasteiger partial charge on any atom is 0.275 e. The number of nitrogens with zero attached hydrogens (tertiary/aromatic N) is 2. The summed E-state index contributed by atoms with van der Waals surface area (Å²) < 4.78 is 1.94. The van der Waals surface area contributed by atoms with Crippen LogP contribution in [-0.4, -0.2) is 20.3 Å². The lowest BCUT2D eigenvalue weighted by atomic mass is 10.1. The highest BCUT2D eigenvalue weighted by Crippen LogP contribution is 2.30. The molecular weight excluding hydrogens is 356 g/mol. The van der Waals surface area contributed by atoms with Crippen molar-refractivity contribution in [2.75, 3.05) is 5.32 Å². The first-order valence-electron chi connectivity index (χ1n) is 8.92. The van der Waals surface area contributed by atoms with Gasteiger partial charge in [0, 0.05) is 44.8 Å². The monoisotopic (exact) mass is 374 g/mol. The molecule has 3 heterocycles. The number of hydrogen-bond donors (Lipinski definition) is 2. The number of nitrogens with one attached hydrogen (secondary N) is 2. The zero-order valence-corrected chi connectivity index (χ0v) is 15.9. The lowest BCUT2D eigenvalue weighted by molar-refractivity contribution is 0.102. The number of aryl methyl sites for hydroxylation is 2. The van der Waals surface area contributed by atoms with Crippen molar-refractivity contribution in [3.05, 3.63) is 64.9 Å². The summed E-state index contributed by atoms with van der Waals surface area (Å²) in [4.78, 5) is 21.4. The molecule has 5 aromatic rings. The topological polar surface area (TPSA) is 62.2 Å². The molecule has 0 aliphatic rings. The summed E-state index contributed by atoms with van der Waals surface area (Å²) in [5.41, 5.74) is 5.74. The highest BCUT2D eigenvalue weighted by molar-refractivity contribution is 7.15. The van der Waals surface area contributed by atoms with Gasteiger partial charge in [-0.1, -0.05) is 31.2 Å². The lowest BCUT2D eigenvalue weighted by Gasteiger charge is -2.03. The standard InChI is InChI=1S/C21H18N4OS/c1-3-13-5-4-6-16-15-8-7-14(9-17(15)23-19(13)16)22-20(26)18-10-25-12(2)11-27-21(25)24-18/h4-11,23H,3H2,1-2H3,(H,22,26). The fraction of sp³-hybridized carbons (Fsp3) is 0.143. The molecule has 2 N–H and O–H groups in total. The largest absolute Gasteiger partial charge is 0.354 e. The molecule has 6 heteroatoms. The van der Waals surface area contributed by atoms with Crippen LogP contribution in [0.15, 0.2) is 48.0 Å². The number of thiazole rings is 1. The van der Waals surface area contributed by atoms with Crippen LogP contribution in [0.3, 0.4) is 0 Å². The van der Waals surface area contributed by atoms with E-state index in [1.807, 2.05) is 28.8 Å². The second kappa shape index (κ2) is 5.96. The zero-order valence-electron chi connectivity index (χ0n) is 15.0. The van der Waals surface area contributed by atoms with E-state index in [1.54, 1.807) is 6.20 Å². The van der Waals surface area contributed by atoms with Crippen LogP contribution < -0.4 is 5.32 Å². The molecule has 0 radical (unpaired) electrons. The van der Waals surface area contributed by atoms with Gasteiger partial charge in [0.1, 0.15) is 5.69 Å². The summed E-state index contributed by atoms with van der Waals surface area (Å²) in [6, 6.07) is 12.3. The molecule has 0 spiro atoms. The molecule has 3 aromatic heterocycles. The molecule has 0 saturated heterocycles. The Balaban J connectivity index is 1.51. The molecule has 1 amide bonds. The fourth-order valence-electron chi connectivity index (χ4n) is 3.56. The van der Waals surface area contributed by atoms with Crippen LogP contribution in [0.5, 0.6) is 0 Å². The number of hydrogen-bond acceptors (Lipinski definition) is 3. The van der Waals surface area contributed by atoms with Crippen LogP contribution in [0.25, 0.3) is 26.8 Å². The first-order chi connectivity index (χ1) is 13.1. The van der Waals surface area contributed by atoms with Gasteiger partial charge in [0.15, 0.2) is 4.96 Å². The van der Waals surface area contributed by atoms with Crippen LogP contribution >= 0.6 is 11.3 Å². The second-order valence-electron chi connectivity index (χ2n) is 6.69. The van der Waals surface area contributed by atoms with Gasteiger partial charge in [-0.3, -0.25) is 9.20 Å². The molecule has 0 unspecified atom stereocenters. The minimum absolute atomic E-state index is 0.199. The Bertz CT molecular complexity index is 1320. The Morgan fingerprint density at radius 1 is 1.26 bits per heavy atom. The number of carbonyl (C=O) groups is 1. The van der Waals surface area contributed by atoms with Gasteiger partial charge in [0.2, 0.25) is 0 Å². The Morgan fingerprint density at radius 2 is 2.15 bits per heavy atom. The molecule has 27 heavy (non-hydrogen) atoms. The van der Waals surface area contributed by atoms with Crippen molar-refractivity contribution in [2.45, 2.75) is 20.3 Å². The molecule has 0 saturated carbocycles.